The Balaban J connectivity index is 1.64. The molecule has 1 saturated carbocycles. The minimum Gasteiger partial charge on any atom is -0.396 e. The summed E-state index contributed by atoms with van der Waals surface area (Å²) in [6.45, 7) is 0.245. The van der Waals surface area contributed by atoms with Gasteiger partial charge in [0, 0.05) is 25.0 Å². The van der Waals surface area contributed by atoms with Gasteiger partial charge in [-0.15, -0.1) is 0 Å². The minimum absolute atomic E-state index is 0.144. The van der Waals surface area contributed by atoms with Crippen LogP contribution in [0.1, 0.15) is 36.2 Å². The van der Waals surface area contributed by atoms with Gasteiger partial charge in [0.15, 0.2) is 0 Å². The highest BCUT2D eigenvalue weighted by Crippen LogP contribution is 2.23. The number of rotatable bonds is 4. The van der Waals surface area contributed by atoms with Gasteiger partial charge in [0.05, 0.1) is 0 Å². The molecule has 2 heterocycles. The van der Waals surface area contributed by atoms with Gasteiger partial charge in [0.25, 0.3) is 5.91 Å². The van der Waals surface area contributed by atoms with Crippen LogP contribution in [-0.4, -0.2) is 38.2 Å². The van der Waals surface area contributed by atoms with Gasteiger partial charge >= 0.3 is 0 Å². The lowest BCUT2D eigenvalue weighted by Crippen LogP contribution is -2.38. The fourth-order valence-electron chi connectivity index (χ4n) is 2.84. The number of carbonyl (C=O) groups is 1. The Labute approximate surface area is 129 Å². The molecule has 0 atom stereocenters. The predicted octanol–water partition coefficient (Wildman–Crippen LogP) is 1.55. The summed E-state index contributed by atoms with van der Waals surface area (Å²) in [7, 11) is 0. The lowest BCUT2D eigenvalue weighted by molar-refractivity contribution is 0.0909. The van der Waals surface area contributed by atoms with Crippen LogP contribution < -0.4 is 5.32 Å². The van der Waals surface area contributed by atoms with E-state index in [2.05, 4.69) is 15.3 Å². The van der Waals surface area contributed by atoms with E-state index in [1.54, 1.807) is 29.4 Å². The van der Waals surface area contributed by atoms with E-state index in [1.165, 1.54) is 0 Å². The van der Waals surface area contributed by atoms with Crippen molar-refractivity contribution in [3.63, 3.8) is 0 Å². The van der Waals surface area contributed by atoms with Gasteiger partial charge in [-0.2, -0.15) is 0 Å². The molecule has 0 unspecified atom stereocenters. The molecule has 2 aromatic rings. The van der Waals surface area contributed by atoms with Gasteiger partial charge in [-0.1, -0.05) is 6.07 Å². The van der Waals surface area contributed by atoms with Crippen LogP contribution in [0, 0.1) is 5.92 Å². The van der Waals surface area contributed by atoms with Crippen molar-refractivity contribution in [2.45, 2.75) is 31.7 Å². The number of aromatic nitrogens is 3. The average molecular weight is 300 g/mol. The van der Waals surface area contributed by atoms with Crippen LogP contribution in [0.5, 0.6) is 0 Å². The maximum atomic E-state index is 12.3. The molecule has 0 aromatic carbocycles. The highest BCUT2D eigenvalue weighted by atomic mass is 16.3. The topological polar surface area (TPSA) is 80.0 Å². The molecule has 1 aliphatic rings. The second kappa shape index (κ2) is 6.70. The molecular formula is C16H20N4O2. The Morgan fingerprint density at radius 3 is 2.82 bits per heavy atom. The Bertz CT molecular complexity index is 619. The van der Waals surface area contributed by atoms with Crippen LogP contribution in [0.25, 0.3) is 5.82 Å². The van der Waals surface area contributed by atoms with E-state index in [4.69, 9.17) is 5.11 Å². The first-order chi connectivity index (χ1) is 10.8. The third-order valence-corrected chi connectivity index (χ3v) is 4.18. The average Bonchev–Trinajstić information content (AvgIpc) is 3.10. The molecule has 0 aliphatic heterocycles. The highest BCUT2D eigenvalue weighted by Gasteiger charge is 2.22. The molecule has 116 valence electrons. The number of carbonyl (C=O) groups excluding carboxylic acids is 1. The van der Waals surface area contributed by atoms with Crippen molar-refractivity contribution >= 4 is 5.91 Å². The smallest absolute Gasteiger partial charge is 0.270 e. The number of hydrogen-bond donors (Lipinski definition) is 2. The Morgan fingerprint density at radius 2 is 2.14 bits per heavy atom. The van der Waals surface area contributed by atoms with Crippen molar-refractivity contribution in [1.29, 1.82) is 0 Å². The van der Waals surface area contributed by atoms with Crippen molar-refractivity contribution in [2.75, 3.05) is 6.61 Å². The minimum atomic E-state index is -0.144. The molecule has 0 bridgehead atoms. The standard InChI is InChI=1S/C16H20N4O2/c21-10-12-4-6-13(7-5-12)18-16(22)14-2-1-3-15(19-14)20-9-8-17-11-20/h1-3,8-9,11-13,21H,4-7,10H2,(H,18,22). The normalized spacial score (nSPS) is 21.5. The summed E-state index contributed by atoms with van der Waals surface area (Å²) in [4.78, 5) is 20.7. The monoisotopic (exact) mass is 300 g/mol. The van der Waals surface area contributed by atoms with Crippen molar-refractivity contribution < 1.29 is 9.90 Å². The molecule has 2 aromatic heterocycles. The zero-order chi connectivity index (χ0) is 15.4. The van der Waals surface area contributed by atoms with Crippen LogP contribution in [0.3, 0.4) is 0 Å². The van der Waals surface area contributed by atoms with Crippen molar-refractivity contribution in [3.05, 3.63) is 42.6 Å². The van der Waals surface area contributed by atoms with E-state index < -0.39 is 0 Å². The number of aliphatic hydroxyl groups excluding tert-OH is 1. The first-order valence-electron chi connectivity index (χ1n) is 7.63. The molecule has 3 rings (SSSR count). The molecular weight excluding hydrogens is 280 g/mol. The number of imidazole rings is 1. The van der Waals surface area contributed by atoms with Gasteiger partial charge in [-0.3, -0.25) is 9.36 Å². The van der Waals surface area contributed by atoms with Crippen LogP contribution in [0.15, 0.2) is 36.9 Å². The Hall–Kier alpha value is -2.21. The third kappa shape index (κ3) is 3.33. The van der Waals surface area contributed by atoms with E-state index >= 15 is 0 Å². The molecule has 1 fully saturated rings. The number of aliphatic hydroxyl groups is 1. The Morgan fingerprint density at radius 1 is 1.32 bits per heavy atom. The van der Waals surface area contributed by atoms with Gasteiger partial charge in [0.2, 0.25) is 0 Å². The molecule has 2 N–H and O–H groups in total. The largest absolute Gasteiger partial charge is 0.396 e. The second-order valence-electron chi connectivity index (χ2n) is 5.72. The molecule has 6 nitrogen and oxygen atoms in total. The van der Waals surface area contributed by atoms with Gasteiger partial charge in [-0.25, -0.2) is 9.97 Å². The molecule has 0 spiro atoms. The summed E-state index contributed by atoms with van der Waals surface area (Å²) >= 11 is 0. The number of pyridine rings is 1. The highest BCUT2D eigenvalue weighted by molar-refractivity contribution is 5.92. The zero-order valence-electron chi connectivity index (χ0n) is 12.4. The quantitative estimate of drug-likeness (QED) is 0.898. The molecule has 0 radical (unpaired) electrons. The molecule has 22 heavy (non-hydrogen) atoms. The van der Waals surface area contributed by atoms with Gasteiger partial charge in [0.1, 0.15) is 17.8 Å². The Kier molecular flexibility index (Phi) is 4.48. The van der Waals surface area contributed by atoms with Gasteiger partial charge in [-0.05, 0) is 43.7 Å². The van der Waals surface area contributed by atoms with E-state index in [9.17, 15) is 4.79 Å². The molecule has 6 heteroatoms. The van der Waals surface area contributed by atoms with Gasteiger partial charge < -0.3 is 10.4 Å². The van der Waals surface area contributed by atoms with Crippen LogP contribution in [0.2, 0.25) is 0 Å². The number of nitrogens with one attached hydrogen (secondary N) is 1. The molecule has 1 aliphatic carbocycles. The number of amides is 1. The summed E-state index contributed by atoms with van der Waals surface area (Å²) < 4.78 is 1.77. The summed E-state index contributed by atoms with van der Waals surface area (Å²) in [5.41, 5.74) is 0.412. The second-order valence-corrected chi connectivity index (χ2v) is 5.72. The molecule has 0 saturated heterocycles. The summed E-state index contributed by atoms with van der Waals surface area (Å²) in [6, 6.07) is 5.55. The summed E-state index contributed by atoms with van der Waals surface area (Å²) in [5.74, 6) is 0.916. The van der Waals surface area contributed by atoms with Crippen LogP contribution in [0.4, 0.5) is 0 Å². The van der Waals surface area contributed by atoms with E-state index in [0.29, 0.717) is 17.4 Å². The molecule has 1 amide bonds. The van der Waals surface area contributed by atoms with E-state index in [1.807, 2.05) is 12.1 Å². The fraction of sp³-hybridized carbons (Fsp3) is 0.438. The zero-order valence-corrected chi connectivity index (χ0v) is 12.4. The lowest BCUT2D eigenvalue weighted by Gasteiger charge is -2.27. The maximum Gasteiger partial charge on any atom is 0.270 e. The van der Waals surface area contributed by atoms with Crippen LogP contribution >= 0.6 is 0 Å². The van der Waals surface area contributed by atoms with E-state index in [-0.39, 0.29) is 18.6 Å². The van der Waals surface area contributed by atoms with Crippen molar-refractivity contribution in [3.8, 4) is 5.82 Å². The maximum absolute atomic E-state index is 12.3. The van der Waals surface area contributed by atoms with Crippen LogP contribution in [-0.2, 0) is 0 Å². The predicted molar refractivity (Wildman–Crippen MR) is 81.7 cm³/mol. The third-order valence-electron chi connectivity index (χ3n) is 4.18. The first kappa shape index (κ1) is 14.7. The summed E-state index contributed by atoms with van der Waals surface area (Å²) in [5, 5.41) is 12.2. The SMILES string of the molecule is O=C(NC1CCC(CO)CC1)c1cccc(-n2ccnc2)n1. The first-order valence-corrected chi connectivity index (χ1v) is 7.63. The van der Waals surface area contributed by atoms with E-state index in [0.717, 1.165) is 25.7 Å². The summed E-state index contributed by atoms with van der Waals surface area (Å²) in [6.07, 6.45) is 8.87. The fourth-order valence-corrected chi connectivity index (χ4v) is 2.84. The number of hydrogen-bond acceptors (Lipinski definition) is 4. The van der Waals surface area contributed by atoms with Crippen molar-refractivity contribution in [1.82, 2.24) is 19.9 Å². The van der Waals surface area contributed by atoms with Crippen molar-refractivity contribution in [2.24, 2.45) is 5.92 Å². The number of nitrogens with zero attached hydrogens (tertiary/aromatic N) is 3. The lowest BCUT2D eigenvalue weighted by atomic mass is 9.86.